The highest BCUT2D eigenvalue weighted by atomic mass is 35.5. The molecule has 0 spiro atoms. The lowest BCUT2D eigenvalue weighted by Gasteiger charge is -1.97. The molecule has 1 aliphatic rings. The molecule has 0 aliphatic heterocycles. The first-order valence-electron chi connectivity index (χ1n) is 3.63. The van der Waals surface area contributed by atoms with Crippen LogP contribution in [0.1, 0.15) is 17.9 Å². The predicted octanol–water partition coefficient (Wildman–Crippen LogP) is 3.08. The SMILES string of the molecule is F[C@@]1(Cl)C[C@@H]1c1ccccc1. The third-order valence-electron chi connectivity index (χ3n) is 2.03. The van der Waals surface area contributed by atoms with Crippen LogP contribution in [0.4, 0.5) is 4.39 Å². The zero-order chi connectivity index (χ0) is 7.90. The summed E-state index contributed by atoms with van der Waals surface area (Å²) in [6.45, 7) is 0. The van der Waals surface area contributed by atoms with Crippen molar-refractivity contribution in [2.24, 2.45) is 0 Å². The zero-order valence-corrected chi connectivity index (χ0v) is 6.68. The van der Waals surface area contributed by atoms with Gasteiger partial charge in [-0.3, -0.25) is 0 Å². The summed E-state index contributed by atoms with van der Waals surface area (Å²) in [5.74, 6) is -0.0784. The lowest BCUT2D eigenvalue weighted by Crippen LogP contribution is -1.89. The minimum absolute atomic E-state index is 0.0784. The van der Waals surface area contributed by atoms with Gasteiger partial charge < -0.3 is 0 Å². The van der Waals surface area contributed by atoms with Crippen molar-refractivity contribution < 1.29 is 4.39 Å². The van der Waals surface area contributed by atoms with Crippen molar-refractivity contribution in [3.63, 3.8) is 0 Å². The topological polar surface area (TPSA) is 0 Å². The normalized spacial score (nSPS) is 35.3. The molecule has 0 aromatic heterocycles. The summed E-state index contributed by atoms with van der Waals surface area (Å²) in [5.41, 5.74) is 1.00. The first kappa shape index (κ1) is 7.11. The molecule has 1 saturated carbocycles. The number of rotatable bonds is 1. The van der Waals surface area contributed by atoms with Crippen molar-refractivity contribution >= 4 is 11.6 Å². The molecule has 0 unspecified atom stereocenters. The van der Waals surface area contributed by atoms with E-state index < -0.39 is 5.13 Å². The van der Waals surface area contributed by atoms with E-state index in [1.54, 1.807) is 0 Å². The minimum Gasteiger partial charge on any atom is -0.226 e. The van der Waals surface area contributed by atoms with Crippen molar-refractivity contribution in [3.8, 4) is 0 Å². The van der Waals surface area contributed by atoms with Gasteiger partial charge in [0.05, 0.1) is 0 Å². The van der Waals surface area contributed by atoms with Gasteiger partial charge in [-0.2, -0.15) is 0 Å². The van der Waals surface area contributed by atoms with E-state index in [1.165, 1.54) is 0 Å². The maximum atomic E-state index is 12.9. The fraction of sp³-hybridized carbons (Fsp3) is 0.333. The summed E-state index contributed by atoms with van der Waals surface area (Å²) >= 11 is 5.48. The highest BCUT2D eigenvalue weighted by molar-refractivity contribution is 6.25. The second kappa shape index (κ2) is 2.21. The molecule has 1 aromatic rings. The van der Waals surface area contributed by atoms with Crippen molar-refractivity contribution in [1.82, 2.24) is 0 Å². The average Bonchev–Trinajstić information content (AvgIpc) is 2.62. The highest BCUT2D eigenvalue weighted by Gasteiger charge is 2.54. The molecule has 11 heavy (non-hydrogen) atoms. The number of hydrogen-bond acceptors (Lipinski definition) is 0. The number of alkyl halides is 2. The van der Waals surface area contributed by atoms with Crippen LogP contribution in [0.3, 0.4) is 0 Å². The number of hydrogen-bond donors (Lipinski definition) is 0. The molecule has 0 radical (unpaired) electrons. The Balaban J connectivity index is 2.21. The van der Waals surface area contributed by atoms with Gasteiger partial charge in [0.1, 0.15) is 0 Å². The third-order valence-corrected chi connectivity index (χ3v) is 2.45. The second-order valence-corrected chi connectivity index (χ2v) is 3.56. The first-order chi connectivity index (χ1) is 5.20. The fourth-order valence-electron chi connectivity index (χ4n) is 1.26. The molecule has 1 aromatic carbocycles. The molecule has 0 nitrogen and oxygen atoms in total. The molecule has 1 fully saturated rings. The minimum atomic E-state index is -1.46. The van der Waals surface area contributed by atoms with Crippen LogP contribution in [0.5, 0.6) is 0 Å². The Morgan fingerprint density at radius 1 is 1.36 bits per heavy atom. The first-order valence-corrected chi connectivity index (χ1v) is 4.01. The van der Waals surface area contributed by atoms with Crippen LogP contribution in [-0.4, -0.2) is 5.13 Å². The monoisotopic (exact) mass is 170 g/mol. The van der Waals surface area contributed by atoms with Crippen LogP contribution in [0.25, 0.3) is 0 Å². The van der Waals surface area contributed by atoms with Gasteiger partial charge in [0.15, 0.2) is 5.13 Å². The quantitative estimate of drug-likeness (QED) is 0.569. The van der Waals surface area contributed by atoms with Gasteiger partial charge in [-0.15, -0.1) is 0 Å². The molecule has 1 aliphatic carbocycles. The van der Waals surface area contributed by atoms with Crippen LogP contribution in [0.2, 0.25) is 0 Å². The molecule has 2 rings (SSSR count). The van der Waals surface area contributed by atoms with E-state index in [0.29, 0.717) is 6.42 Å². The lowest BCUT2D eigenvalue weighted by atomic mass is 10.1. The maximum absolute atomic E-state index is 12.9. The van der Waals surface area contributed by atoms with Crippen LogP contribution in [0.15, 0.2) is 30.3 Å². The summed E-state index contributed by atoms with van der Waals surface area (Å²) in [7, 11) is 0. The Morgan fingerprint density at radius 3 is 2.36 bits per heavy atom. The van der Waals surface area contributed by atoms with Crippen LogP contribution < -0.4 is 0 Å². The molecule has 2 heteroatoms. The van der Waals surface area contributed by atoms with Gasteiger partial charge in [0.2, 0.25) is 0 Å². The van der Waals surface area contributed by atoms with Gasteiger partial charge in [0, 0.05) is 12.3 Å². The average molecular weight is 171 g/mol. The van der Waals surface area contributed by atoms with E-state index in [4.69, 9.17) is 11.6 Å². The van der Waals surface area contributed by atoms with Gasteiger partial charge in [-0.1, -0.05) is 41.9 Å². The third kappa shape index (κ3) is 1.25. The molecule has 58 valence electrons. The van der Waals surface area contributed by atoms with Gasteiger partial charge in [-0.25, -0.2) is 4.39 Å². The number of halogens is 2. The summed E-state index contributed by atoms with van der Waals surface area (Å²) in [6.07, 6.45) is 0.457. The molecule has 0 bridgehead atoms. The molecule has 0 amide bonds. The van der Waals surface area contributed by atoms with E-state index in [2.05, 4.69) is 0 Å². The Hall–Kier alpha value is -0.560. The predicted molar refractivity (Wildman–Crippen MR) is 43.5 cm³/mol. The van der Waals surface area contributed by atoms with Gasteiger partial charge in [0.25, 0.3) is 0 Å². The molecular formula is C9H8ClF. The van der Waals surface area contributed by atoms with Crippen LogP contribution >= 0.6 is 11.6 Å². The Labute approximate surface area is 70.0 Å². The van der Waals surface area contributed by atoms with Crippen LogP contribution in [-0.2, 0) is 0 Å². The van der Waals surface area contributed by atoms with Crippen molar-refractivity contribution in [2.75, 3.05) is 0 Å². The van der Waals surface area contributed by atoms with Crippen molar-refractivity contribution in [1.29, 1.82) is 0 Å². The summed E-state index contributed by atoms with van der Waals surface area (Å²) < 4.78 is 12.9. The summed E-state index contributed by atoms with van der Waals surface area (Å²) in [4.78, 5) is 0. The molecule has 0 heterocycles. The number of benzene rings is 1. The van der Waals surface area contributed by atoms with E-state index >= 15 is 0 Å². The van der Waals surface area contributed by atoms with Gasteiger partial charge in [-0.05, 0) is 5.56 Å². The standard InChI is InChI=1S/C9H8ClF/c10-9(11)6-8(9)7-4-2-1-3-5-7/h1-5,8H,6H2/t8-,9+/m1/s1. The molecule has 2 atom stereocenters. The molecule has 0 saturated heterocycles. The van der Waals surface area contributed by atoms with E-state index in [-0.39, 0.29) is 5.92 Å². The zero-order valence-electron chi connectivity index (χ0n) is 5.93. The summed E-state index contributed by atoms with van der Waals surface area (Å²) in [6, 6.07) is 9.55. The van der Waals surface area contributed by atoms with Crippen molar-refractivity contribution in [3.05, 3.63) is 35.9 Å². The lowest BCUT2D eigenvalue weighted by molar-refractivity contribution is 0.416. The second-order valence-electron chi connectivity index (χ2n) is 2.93. The molecule has 0 N–H and O–H groups in total. The largest absolute Gasteiger partial charge is 0.226 e. The smallest absolute Gasteiger partial charge is 0.191 e. The Morgan fingerprint density at radius 2 is 1.91 bits per heavy atom. The van der Waals surface area contributed by atoms with Gasteiger partial charge >= 0.3 is 0 Å². The van der Waals surface area contributed by atoms with Crippen molar-refractivity contribution in [2.45, 2.75) is 17.5 Å². The summed E-state index contributed by atoms with van der Waals surface area (Å²) in [5, 5.41) is -1.46. The Kier molecular flexibility index (Phi) is 1.43. The van der Waals surface area contributed by atoms with Crippen LogP contribution in [0, 0.1) is 0 Å². The van der Waals surface area contributed by atoms with E-state index in [0.717, 1.165) is 5.56 Å². The van der Waals surface area contributed by atoms with E-state index in [1.807, 2.05) is 30.3 Å². The van der Waals surface area contributed by atoms with E-state index in [9.17, 15) is 4.39 Å². The Bertz CT molecular complexity index is 256. The molecular weight excluding hydrogens is 163 g/mol. The maximum Gasteiger partial charge on any atom is 0.191 e. The highest BCUT2D eigenvalue weighted by Crippen LogP contribution is 2.57. The fourth-order valence-corrected chi connectivity index (χ4v) is 1.54.